The lowest BCUT2D eigenvalue weighted by Gasteiger charge is -2.25. The fraction of sp³-hybridized carbons (Fsp3) is 0.444. The number of rotatable bonds is 6. The third kappa shape index (κ3) is 4.28. The summed E-state index contributed by atoms with van der Waals surface area (Å²) in [4.78, 5) is 16.6. The van der Waals surface area contributed by atoms with Crippen molar-refractivity contribution in [3.63, 3.8) is 0 Å². The molecule has 0 saturated carbocycles. The van der Waals surface area contributed by atoms with Crippen LogP contribution in [0.25, 0.3) is 0 Å². The zero-order chi connectivity index (χ0) is 17.8. The van der Waals surface area contributed by atoms with E-state index in [2.05, 4.69) is 24.1 Å². The summed E-state index contributed by atoms with van der Waals surface area (Å²) in [5, 5.41) is 3.96. The van der Waals surface area contributed by atoms with Crippen LogP contribution in [0.5, 0.6) is 11.5 Å². The number of aryl methyl sites for hydroxylation is 1. The SMILES string of the molecule is CC(C)[C@H](NC(=O)CSc1nccn1C)c1ccc2c(c1)OCCO2. The van der Waals surface area contributed by atoms with Gasteiger partial charge in [0.1, 0.15) is 13.2 Å². The highest BCUT2D eigenvalue weighted by molar-refractivity contribution is 7.99. The fourth-order valence-corrected chi connectivity index (χ4v) is 3.47. The fourth-order valence-electron chi connectivity index (χ4n) is 2.72. The van der Waals surface area contributed by atoms with Gasteiger partial charge in [0, 0.05) is 19.4 Å². The average Bonchev–Trinajstić information content (AvgIpc) is 3.02. The van der Waals surface area contributed by atoms with Gasteiger partial charge in [-0.2, -0.15) is 0 Å². The predicted molar refractivity (Wildman–Crippen MR) is 97.1 cm³/mol. The van der Waals surface area contributed by atoms with Gasteiger partial charge in [-0.25, -0.2) is 4.98 Å². The molecular formula is C18H23N3O3S. The average molecular weight is 361 g/mol. The van der Waals surface area contributed by atoms with Crippen molar-refractivity contribution in [1.29, 1.82) is 0 Å². The first-order valence-corrected chi connectivity index (χ1v) is 9.32. The van der Waals surface area contributed by atoms with Gasteiger partial charge in [-0.1, -0.05) is 31.7 Å². The molecule has 1 aliphatic rings. The van der Waals surface area contributed by atoms with Crippen molar-refractivity contribution in [1.82, 2.24) is 14.9 Å². The van der Waals surface area contributed by atoms with Gasteiger partial charge in [0.2, 0.25) is 5.91 Å². The van der Waals surface area contributed by atoms with Gasteiger partial charge in [0.25, 0.3) is 0 Å². The van der Waals surface area contributed by atoms with Crippen molar-refractivity contribution in [2.24, 2.45) is 13.0 Å². The number of nitrogens with zero attached hydrogens (tertiary/aromatic N) is 2. The number of thioether (sulfide) groups is 1. The van der Waals surface area contributed by atoms with E-state index in [0.29, 0.717) is 19.0 Å². The molecule has 2 heterocycles. The number of carbonyl (C=O) groups excluding carboxylic acids is 1. The van der Waals surface area contributed by atoms with Crippen LogP contribution in [0.1, 0.15) is 25.5 Å². The molecule has 0 bridgehead atoms. The first-order valence-electron chi connectivity index (χ1n) is 8.33. The van der Waals surface area contributed by atoms with Crippen LogP contribution in [0.2, 0.25) is 0 Å². The second kappa shape index (κ2) is 7.82. The maximum absolute atomic E-state index is 12.4. The first-order chi connectivity index (χ1) is 12.0. The Morgan fingerprint density at radius 2 is 2.08 bits per heavy atom. The highest BCUT2D eigenvalue weighted by Gasteiger charge is 2.21. The monoisotopic (exact) mass is 361 g/mol. The number of hydrogen-bond acceptors (Lipinski definition) is 5. The van der Waals surface area contributed by atoms with Crippen molar-refractivity contribution in [3.8, 4) is 11.5 Å². The molecule has 0 radical (unpaired) electrons. The molecule has 0 saturated heterocycles. The van der Waals surface area contributed by atoms with Gasteiger partial charge in [-0.05, 0) is 23.6 Å². The number of amides is 1. The van der Waals surface area contributed by atoms with Gasteiger partial charge in [-0.3, -0.25) is 4.79 Å². The van der Waals surface area contributed by atoms with Crippen LogP contribution in [-0.4, -0.2) is 34.4 Å². The molecule has 1 N–H and O–H groups in total. The van der Waals surface area contributed by atoms with Gasteiger partial charge >= 0.3 is 0 Å². The molecule has 1 aromatic carbocycles. The number of carbonyl (C=O) groups is 1. The minimum atomic E-state index is -0.0784. The van der Waals surface area contributed by atoms with E-state index < -0.39 is 0 Å². The summed E-state index contributed by atoms with van der Waals surface area (Å²) in [5.74, 6) is 2.07. The summed E-state index contributed by atoms with van der Waals surface area (Å²) in [7, 11) is 1.92. The summed E-state index contributed by atoms with van der Waals surface area (Å²) >= 11 is 1.43. The topological polar surface area (TPSA) is 65.4 Å². The Hall–Kier alpha value is -2.15. The zero-order valence-electron chi connectivity index (χ0n) is 14.7. The van der Waals surface area contributed by atoms with Gasteiger partial charge < -0.3 is 19.4 Å². The lowest BCUT2D eigenvalue weighted by Crippen LogP contribution is -2.33. The maximum atomic E-state index is 12.4. The maximum Gasteiger partial charge on any atom is 0.230 e. The molecule has 1 aliphatic heterocycles. The molecule has 0 fully saturated rings. The number of benzene rings is 1. The minimum absolute atomic E-state index is 0.0124. The van der Waals surface area contributed by atoms with Crippen LogP contribution in [0.4, 0.5) is 0 Å². The highest BCUT2D eigenvalue weighted by atomic mass is 32.2. The van der Waals surface area contributed by atoms with Gasteiger partial charge in [-0.15, -0.1) is 0 Å². The zero-order valence-corrected chi connectivity index (χ0v) is 15.5. The van der Waals surface area contributed by atoms with E-state index in [1.165, 1.54) is 11.8 Å². The van der Waals surface area contributed by atoms with E-state index in [4.69, 9.17) is 9.47 Å². The van der Waals surface area contributed by atoms with Gasteiger partial charge in [0.05, 0.1) is 11.8 Å². The molecule has 2 aromatic rings. The molecule has 0 unspecified atom stereocenters. The number of imidazole rings is 1. The van der Waals surface area contributed by atoms with Crippen molar-refractivity contribution in [2.75, 3.05) is 19.0 Å². The Bertz CT molecular complexity index is 745. The number of fused-ring (bicyclic) bond motifs is 1. The van der Waals surface area contributed by atoms with Crippen LogP contribution in [0.15, 0.2) is 35.7 Å². The number of hydrogen-bond donors (Lipinski definition) is 1. The smallest absolute Gasteiger partial charge is 0.230 e. The van der Waals surface area contributed by atoms with E-state index in [0.717, 1.165) is 22.2 Å². The molecule has 6 nitrogen and oxygen atoms in total. The number of aromatic nitrogens is 2. The molecule has 7 heteroatoms. The third-order valence-corrected chi connectivity index (χ3v) is 5.08. The summed E-state index contributed by atoms with van der Waals surface area (Å²) in [6, 6.07) is 5.79. The molecule has 0 spiro atoms. The Morgan fingerprint density at radius 1 is 1.32 bits per heavy atom. The van der Waals surface area contributed by atoms with Crippen LogP contribution in [0.3, 0.4) is 0 Å². The Morgan fingerprint density at radius 3 is 2.76 bits per heavy atom. The Labute approximate surface area is 151 Å². The summed E-state index contributed by atoms with van der Waals surface area (Å²) in [6.07, 6.45) is 3.60. The van der Waals surface area contributed by atoms with E-state index >= 15 is 0 Å². The van der Waals surface area contributed by atoms with Crippen molar-refractivity contribution in [2.45, 2.75) is 25.0 Å². The van der Waals surface area contributed by atoms with Crippen LogP contribution in [0, 0.1) is 5.92 Å². The van der Waals surface area contributed by atoms with Crippen molar-refractivity contribution < 1.29 is 14.3 Å². The summed E-state index contributed by atoms with van der Waals surface area (Å²) in [6.45, 7) is 5.30. The van der Waals surface area contributed by atoms with E-state index in [1.54, 1.807) is 6.20 Å². The van der Waals surface area contributed by atoms with Crippen LogP contribution < -0.4 is 14.8 Å². The molecule has 134 valence electrons. The van der Waals surface area contributed by atoms with E-state index in [9.17, 15) is 4.79 Å². The molecule has 25 heavy (non-hydrogen) atoms. The lowest BCUT2D eigenvalue weighted by molar-refractivity contribution is -0.119. The Kier molecular flexibility index (Phi) is 5.53. The largest absolute Gasteiger partial charge is 0.486 e. The van der Waals surface area contributed by atoms with E-state index in [1.807, 2.05) is 36.0 Å². The quantitative estimate of drug-likeness (QED) is 0.802. The molecule has 3 rings (SSSR count). The summed E-state index contributed by atoms with van der Waals surface area (Å²) < 4.78 is 13.1. The molecule has 1 atom stereocenters. The summed E-state index contributed by atoms with van der Waals surface area (Å²) in [5.41, 5.74) is 1.02. The predicted octanol–water partition coefficient (Wildman–Crippen LogP) is 2.80. The lowest BCUT2D eigenvalue weighted by atomic mass is 9.95. The second-order valence-corrected chi connectivity index (χ2v) is 7.24. The second-order valence-electron chi connectivity index (χ2n) is 6.30. The molecular weight excluding hydrogens is 338 g/mol. The molecule has 1 aromatic heterocycles. The first kappa shape index (κ1) is 17.7. The highest BCUT2D eigenvalue weighted by Crippen LogP contribution is 2.34. The van der Waals surface area contributed by atoms with Crippen LogP contribution >= 0.6 is 11.8 Å². The number of nitrogens with one attached hydrogen (secondary N) is 1. The standard InChI is InChI=1S/C18H23N3O3S/c1-12(2)17(13-4-5-14-15(10-13)24-9-8-23-14)20-16(22)11-25-18-19-6-7-21(18)3/h4-7,10,12,17H,8-9,11H2,1-3H3,(H,20,22)/t17-/m0/s1. The minimum Gasteiger partial charge on any atom is -0.486 e. The third-order valence-electron chi connectivity index (χ3n) is 4.02. The van der Waals surface area contributed by atoms with Crippen molar-refractivity contribution in [3.05, 3.63) is 36.2 Å². The van der Waals surface area contributed by atoms with Gasteiger partial charge in [0.15, 0.2) is 16.7 Å². The van der Waals surface area contributed by atoms with Crippen molar-refractivity contribution >= 4 is 17.7 Å². The number of ether oxygens (including phenoxy) is 2. The normalized spacial score (nSPS) is 14.4. The molecule has 0 aliphatic carbocycles. The van der Waals surface area contributed by atoms with E-state index in [-0.39, 0.29) is 17.9 Å². The Balaban J connectivity index is 1.66. The molecule has 1 amide bonds. The van der Waals surface area contributed by atoms with Crippen LogP contribution in [-0.2, 0) is 11.8 Å².